The molecular formula is C45H66N2O. The maximum Gasteiger partial charge on any atom is 0.137 e. The standard InChI is InChI=1S/C45H66N2O/c1-5-7-9-11-13-15-17-19-21-26-30-46-41-34-43-39(32-36(41)3)45(38-28-24-23-25-29-38)40-33-37(4)42(35-44(40)48-43)47-31-27-22-20-18-16-14-12-10-8-6-2/h23-25,28-29,32-35,46H,5-22,26-27,30-31H2,1-4H3. The summed E-state index contributed by atoms with van der Waals surface area (Å²) in [6.07, 6.45) is 27.1. The van der Waals surface area contributed by atoms with E-state index in [0.717, 1.165) is 41.8 Å². The average Bonchev–Trinajstić information content (AvgIpc) is 3.09. The first kappa shape index (κ1) is 37.7. The SMILES string of the molecule is CCCCCCCCCCCCN=c1cc2oc3cc(NCCCCCCCCCCCC)c(C)cc3c(-c3ccccc3)c-2cc1C. The van der Waals surface area contributed by atoms with Gasteiger partial charge in [0.2, 0.25) is 0 Å². The molecule has 1 heterocycles. The predicted molar refractivity (Wildman–Crippen MR) is 210 cm³/mol. The lowest BCUT2D eigenvalue weighted by Gasteiger charge is -2.18. The summed E-state index contributed by atoms with van der Waals surface area (Å²) in [7, 11) is 0. The van der Waals surface area contributed by atoms with Crippen LogP contribution in [0.3, 0.4) is 0 Å². The summed E-state index contributed by atoms with van der Waals surface area (Å²) < 4.78 is 6.71. The van der Waals surface area contributed by atoms with Gasteiger partial charge >= 0.3 is 0 Å². The highest BCUT2D eigenvalue weighted by molar-refractivity contribution is 6.03. The van der Waals surface area contributed by atoms with E-state index in [0.29, 0.717) is 0 Å². The molecule has 2 aromatic carbocycles. The van der Waals surface area contributed by atoms with Gasteiger partial charge in [-0.2, -0.15) is 0 Å². The molecule has 1 aliphatic carbocycles. The van der Waals surface area contributed by atoms with E-state index >= 15 is 0 Å². The molecule has 3 nitrogen and oxygen atoms in total. The van der Waals surface area contributed by atoms with Gasteiger partial charge in [0.25, 0.3) is 0 Å². The summed E-state index contributed by atoms with van der Waals surface area (Å²) in [4.78, 5) is 5.06. The topological polar surface area (TPSA) is 37.5 Å². The summed E-state index contributed by atoms with van der Waals surface area (Å²) in [5.74, 6) is 0.915. The van der Waals surface area contributed by atoms with Crippen molar-refractivity contribution in [3.63, 3.8) is 0 Å². The molecule has 0 unspecified atom stereocenters. The van der Waals surface area contributed by atoms with Crippen molar-refractivity contribution < 1.29 is 4.42 Å². The zero-order valence-corrected chi connectivity index (χ0v) is 31.1. The normalized spacial score (nSPS) is 12.0. The van der Waals surface area contributed by atoms with E-state index in [-0.39, 0.29) is 0 Å². The largest absolute Gasteiger partial charge is 0.456 e. The van der Waals surface area contributed by atoms with Crippen LogP contribution < -0.4 is 10.7 Å². The van der Waals surface area contributed by atoms with E-state index in [2.05, 4.69) is 87.6 Å². The van der Waals surface area contributed by atoms with Crippen LogP contribution in [0.5, 0.6) is 0 Å². The lowest BCUT2D eigenvalue weighted by molar-refractivity contribution is 0.557. The Hall–Kier alpha value is -3.07. The number of hydrogen-bond acceptors (Lipinski definition) is 3. The van der Waals surface area contributed by atoms with E-state index in [1.54, 1.807) is 0 Å². The molecule has 2 aliphatic rings. The van der Waals surface area contributed by atoms with Crippen LogP contribution in [0.25, 0.3) is 33.4 Å². The number of hydrogen-bond donors (Lipinski definition) is 1. The van der Waals surface area contributed by atoms with Crippen molar-refractivity contribution in [2.75, 3.05) is 18.4 Å². The van der Waals surface area contributed by atoms with Gasteiger partial charge in [-0.1, -0.05) is 160 Å². The second kappa shape index (κ2) is 21.8. The molecule has 0 spiro atoms. The van der Waals surface area contributed by atoms with E-state index in [9.17, 15) is 0 Å². The molecule has 1 N–H and O–H groups in total. The second-order valence-corrected chi connectivity index (χ2v) is 14.3. The Morgan fingerprint density at radius 2 is 1.15 bits per heavy atom. The van der Waals surface area contributed by atoms with Gasteiger partial charge in [0.05, 0.1) is 5.36 Å². The third-order valence-electron chi connectivity index (χ3n) is 10.1. The molecule has 0 radical (unpaired) electrons. The van der Waals surface area contributed by atoms with Crippen molar-refractivity contribution in [1.82, 2.24) is 0 Å². The molecule has 0 saturated carbocycles. The molecule has 48 heavy (non-hydrogen) atoms. The lowest BCUT2D eigenvalue weighted by Crippen LogP contribution is -2.09. The van der Waals surface area contributed by atoms with Crippen molar-refractivity contribution >= 4 is 16.7 Å². The third-order valence-corrected chi connectivity index (χ3v) is 10.1. The van der Waals surface area contributed by atoms with Gasteiger partial charge in [-0.3, -0.25) is 4.99 Å². The summed E-state index contributed by atoms with van der Waals surface area (Å²) in [6.45, 7) is 10.9. The molecule has 0 atom stereocenters. The van der Waals surface area contributed by atoms with Crippen molar-refractivity contribution in [3.05, 3.63) is 71.1 Å². The average molecular weight is 651 g/mol. The Labute approximate surface area is 293 Å². The summed E-state index contributed by atoms with van der Waals surface area (Å²) in [5, 5.41) is 5.98. The van der Waals surface area contributed by atoms with Crippen LogP contribution in [0.1, 0.15) is 153 Å². The molecule has 0 fully saturated rings. The third kappa shape index (κ3) is 12.1. The molecule has 0 saturated heterocycles. The quantitative estimate of drug-likeness (QED) is 0.0605. The highest BCUT2D eigenvalue weighted by atomic mass is 16.3. The van der Waals surface area contributed by atoms with E-state index < -0.39 is 0 Å². The van der Waals surface area contributed by atoms with Gasteiger partial charge in [0.15, 0.2) is 0 Å². The second-order valence-electron chi connectivity index (χ2n) is 14.3. The molecule has 1 aliphatic heterocycles. The first-order chi connectivity index (χ1) is 23.6. The van der Waals surface area contributed by atoms with Gasteiger partial charge in [-0.05, 0) is 55.5 Å². The summed E-state index contributed by atoms with van der Waals surface area (Å²) in [5.41, 5.74) is 8.23. The van der Waals surface area contributed by atoms with Crippen LogP contribution in [0, 0.1) is 13.8 Å². The fourth-order valence-electron chi connectivity index (χ4n) is 7.10. The van der Waals surface area contributed by atoms with E-state index in [4.69, 9.17) is 9.41 Å². The Morgan fingerprint density at radius 1 is 0.583 bits per heavy atom. The molecule has 262 valence electrons. The molecule has 0 amide bonds. The van der Waals surface area contributed by atoms with Crippen LogP contribution >= 0.6 is 0 Å². The molecule has 4 rings (SSSR count). The van der Waals surface area contributed by atoms with Crippen molar-refractivity contribution in [2.45, 2.75) is 156 Å². The van der Waals surface area contributed by atoms with Crippen LogP contribution in [0.2, 0.25) is 0 Å². The Morgan fingerprint density at radius 3 is 1.75 bits per heavy atom. The first-order valence-corrected chi connectivity index (χ1v) is 19.9. The zero-order chi connectivity index (χ0) is 33.8. The minimum Gasteiger partial charge on any atom is -0.456 e. The van der Waals surface area contributed by atoms with Crippen LogP contribution in [0.15, 0.2) is 64.0 Å². The van der Waals surface area contributed by atoms with E-state index in [1.807, 2.05) is 0 Å². The molecule has 0 aromatic heterocycles. The number of nitrogens with zero attached hydrogens (tertiary/aromatic N) is 1. The minimum atomic E-state index is 0.883. The van der Waals surface area contributed by atoms with Crippen LogP contribution in [0.4, 0.5) is 5.69 Å². The van der Waals surface area contributed by atoms with Crippen molar-refractivity contribution in [3.8, 4) is 22.5 Å². The molecular weight excluding hydrogens is 585 g/mol. The minimum absolute atomic E-state index is 0.883. The number of benzene rings is 3. The number of aryl methyl sites for hydroxylation is 2. The fraction of sp³-hybridized carbons (Fsp3) is 0.578. The number of nitrogens with one attached hydrogen (secondary N) is 1. The van der Waals surface area contributed by atoms with Crippen LogP contribution in [-0.4, -0.2) is 13.1 Å². The first-order valence-electron chi connectivity index (χ1n) is 19.9. The number of fused-ring (bicyclic) bond motifs is 2. The van der Waals surface area contributed by atoms with Crippen molar-refractivity contribution in [2.24, 2.45) is 4.99 Å². The summed E-state index contributed by atoms with van der Waals surface area (Å²) in [6, 6.07) is 19.8. The molecule has 2 aromatic rings. The van der Waals surface area contributed by atoms with Gasteiger partial charge < -0.3 is 9.73 Å². The van der Waals surface area contributed by atoms with Crippen LogP contribution in [-0.2, 0) is 0 Å². The Kier molecular flexibility index (Phi) is 17.1. The number of rotatable bonds is 24. The Balaban J connectivity index is 1.42. The van der Waals surface area contributed by atoms with Crippen molar-refractivity contribution in [1.29, 1.82) is 0 Å². The zero-order valence-electron chi connectivity index (χ0n) is 31.1. The highest BCUT2D eigenvalue weighted by Crippen LogP contribution is 2.41. The Bertz CT molecular complexity index is 1500. The van der Waals surface area contributed by atoms with Gasteiger partial charge in [-0.15, -0.1) is 0 Å². The molecule has 3 heteroatoms. The number of unbranched alkanes of at least 4 members (excludes halogenated alkanes) is 18. The smallest absolute Gasteiger partial charge is 0.137 e. The molecule has 0 bridgehead atoms. The predicted octanol–water partition coefficient (Wildman–Crippen LogP) is 14.0. The van der Waals surface area contributed by atoms with Gasteiger partial charge in [0, 0.05) is 47.4 Å². The maximum atomic E-state index is 6.71. The number of anilines is 1. The monoisotopic (exact) mass is 651 g/mol. The van der Waals surface area contributed by atoms with Gasteiger partial charge in [-0.25, -0.2) is 0 Å². The summed E-state index contributed by atoms with van der Waals surface area (Å²) >= 11 is 0. The lowest BCUT2D eigenvalue weighted by atomic mass is 9.91. The maximum absolute atomic E-state index is 6.71. The van der Waals surface area contributed by atoms with Gasteiger partial charge in [0.1, 0.15) is 11.3 Å². The fourth-order valence-corrected chi connectivity index (χ4v) is 7.10. The highest BCUT2D eigenvalue weighted by Gasteiger charge is 2.19. The van der Waals surface area contributed by atoms with E-state index in [1.165, 1.54) is 155 Å².